The molecule has 0 aliphatic carbocycles. The van der Waals surface area contributed by atoms with Gasteiger partial charge in [-0.3, -0.25) is 0 Å². The number of nitrogens with zero attached hydrogens (tertiary/aromatic N) is 1. The van der Waals surface area contributed by atoms with Gasteiger partial charge >= 0.3 is 5.51 Å². The van der Waals surface area contributed by atoms with Gasteiger partial charge in [-0.15, -0.1) is 11.3 Å². The third-order valence-electron chi connectivity index (χ3n) is 2.24. The lowest BCUT2D eigenvalue weighted by Crippen LogP contribution is -2.23. The molecule has 0 N–H and O–H groups in total. The summed E-state index contributed by atoms with van der Waals surface area (Å²) in [4.78, 5) is 3.36. The number of sulfone groups is 1. The zero-order valence-corrected chi connectivity index (χ0v) is 12.5. The molecule has 0 fully saturated rings. The van der Waals surface area contributed by atoms with E-state index in [9.17, 15) is 21.6 Å². The van der Waals surface area contributed by atoms with Crippen LogP contribution in [-0.4, -0.2) is 18.9 Å². The molecule has 2 aromatic rings. The maximum atomic E-state index is 12.6. The predicted molar refractivity (Wildman–Crippen MR) is 70.7 cm³/mol. The van der Waals surface area contributed by atoms with Gasteiger partial charge in [0, 0.05) is 16.0 Å². The van der Waals surface area contributed by atoms with Crippen LogP contribution in [0.25, 0.3) is 0 Å². The van der Waals surface area contributed by atoms with Gasteiger partial charge in [-0.2, -0.15) is 13.2 Å². The van der Waals surface area contributed by atoms with E-state index < -0.39 is 20.2 Å². The quantitative estimate of drug-likeness (QED) is 0.851. The van der Waals surface area contributed by atoms with Crippen LogP contribution in [0.1, 0.15) is 5.69 Å². The van der Waals surface area contributed by atoms with E-state index in [4.69, 9.17) is 0 Å². The lowest BCUT2D eigenvalue weighted by Gasteiger charge is -2.11. The van der Waals surface area contributed by atoms with Gasteiger partial charge in [0.05, 0.1) is 4.90 Å². The van der Waals surface area contributed by atoms with E-state index >= 15 is 0 Å². The highest BCUT2D eigenvalue weighted by molar-refractivity contribution is 8.02. The standard InChI is InChI=1S/C11H8F3NO2S3/c1-7-6-18-10(15-7)19-8-4-2-3-5-9(8)20(16,17)11(12,13)14/h2-6H,1H3. The smallest absolute Gasteiger partial charge is 0.235 e. The van der Waals surface area contributed by atoms with Crippen molar-refractivity contribution in [1.29, 1.82) is 0 Å². The number of halogens is 3. The molecular weight excluding hydrogens is 331 g/mol. The average molecular weight is 339 g/mol. The minimum atomic E-state index is -5.36. The zero-order valence-electron chi connectivity index (χ0n) is 10.0. The molecule has 1 aromatic heterocycles. The van der Waals surface area contributed by atoms with E-state index in [1.807, 2.05) is 0 Å². The van der Waals surface area contributed by atoms with Crippen molar-refractivity contribution in [3.63, 3.8) is 0 Å². The van der Waals surface area contributed by atoms with Crippen molar-refractivity contribution >= 4 is 32.9 Å². The molecule has 0 saturated carbocycles. The van der Waals surface area contributed by atoms with Crippen LogP contribution in [-0.2, 0) is 9.84 Å². The van der Waals surface area contributed by atoms with Gasteiger partial charge < -0.3 is 0 Å². The van der Waals surface area contributed by atoms with Crippen molar-refractivity contribution in [1.82, 2.24) is 4.98 Å². The van der Waals surface area contributed by atoms with Crippen molar-refractivity contribution in [2.45, 2.75) is 26.6 Å². The summed E-state index contributed by atoms with van der Waals surface area (Å²) in [5.74, 6) is 0. The lowest BCUT2D eigenvalue weighted by molar-refractivity contribution is -0.0437. The van der Waals surface area contributed by atoms with Crippen molar-refractivity contribution in [2.75, 3.05) is 0 Å². The minimum absolute atomic E-state index is 0.0131. The molecule has 0 radical (unpaired) electrons. The Balaban J connectivity index is 2.47. The Bertz CT molecular complexity index is 723. The molecule has 0 aliphatic heterocycles. The first-order valence-corrected chi connectivity index (χ1v) is 8.40. The second kappa shape index (κ2) is 5.38. The number of aryl methyl sites for hydroxylation is 1. The maximum absolute atomic E-state index is 12.6. The van der Waals surface area contributed by atoms with Crippen LogP contribution in [0.3, 0.4) is 0 Å². The van der Waals surface area contributed by atoms with Gasteiger partial charge in [0.25, 0.3) is 9.84 Å². The van der Waals surface area contributed by atoms with Gasteiger partial charge in [-0.25, -0.2) is 13.4 Å². The third kappa shape index (κ3) is 2.99. The van der Waals surface area contributed by atoms with Crippen LogP contribution in [0, 0.1) is 6.92 Å². The highest BCUT2D eigenvalue weighted by atomic mass is 32.2. The summed E-state index contributed by atoms with van der Waals surface area (Å²) < 4.78 is 61.4. The van der Waals surface area contributed by atoms with E-state index in [0.29, 0.717) is 4.34 Å². The topological polar surface area (TPSA) is 47.0 Å². The number of rotatable bonds is 3. The highest BCUT2D eigenvalue weighted by Crippen LogP contribution is 2.39. The zero-order chi connectivity index (χ0) is 15.0. The molecule has 3 nitrogen and oxygen atoms in total. The number of alkyl halides is 3. The third-order valence-corrected chi connectivity index (χ3v) is 6.04. The summed E-state index contributed by atoms with van der Waals surface area (Å²) in [5, 5.41) is 1.74. The summed E-state index contributed by atoms with van der Waals surface area (Å²) in [6, 6.07) is 5.03. The maximum Gasteiger partial charge on any atom is 0.501 e. The Morgan fingerprint density at radius 3 is 2.45 bits per heavy atom. The molecule has 9 heteroatoms. The molecule has 0 aliphatic rings. The Labute approximate surface area is 121 Å². The van der Waals surface area contributed by atoms with Crippen molar-refractivity contribution in [3.8, 4) is 0 Å². The number of hydrogen-bond acceptors (Lipinski definition) is 5. The van der Waals surface area contributed by atoms with Crippen LogP contribution < -0.4 is 0 Å². The van der Waals surface area contributed by atoms with Crippen LogP contribution in [0.5, 0.6) is 0 Å². The van der Waals surface area contributed by atoms with Gasteiger partial charge in [0.15, 0.2) is 4.34 Å². The van der Waals surface area contributed by atoms with Crippen LogP contribution in [0.4, 0.5) is 13.2 Å². The van der Waals surface area contributed by atoms with E-state index in [1.54, 1.807) is 12.3 Å². The molecule has 1 aromatic carbocycles. The van der Waals surface area contributed by atoms with Crippen molar-refractivity contribution in [2.24, 2.45) is 0 Å². The van der Waals surface area contributed by atoms with Gasteiger partial charge in [0.2, 0.25) is 0 Å². The largest absolute Gasteiger partial charge is 0.501 e. The fourth-order valence-corrected chi connectivity index (χ4v) is 4.47. The highest BCUT2D eigenvalue weighted by Gasteiger charge is 2.47. The first-order chi connectivity index (χ1) is 9.22. The Hall–Kier alpha value is -1.06. The average Bonchev–Trinajstić information content (AvgIpc) is 2.74. The number of hydrogen-bond donors (Lipinski definition) is 0. The summed E-state index contributed by atoms with van der Waals surface area (Å²) in [5.41, 5.74) is -4.59. The Kier molecular flexibility index (Phi) is 4.12. The minimum Gasteiger partial charge on any atom is -0.235 e. The summed E-state index contributed by atoms with van der Waals surface area (Å²) in [7, 11) is -5.36. The van der Waals surface area contributed by atoms with Crippen molar-refractivity contribution in [3.05, 3.63) is 35.3 Å². The van der Waals surface area contributed by atoms with Crippen LogP contribution in [0.15, 0.2) is 43.8 Å². The molecule has 0 atom stereocenters. The summed E-state index contributed by atoms with van der Waals surface area (Å²) >= 11 is 2.15. The Morgan fingerprint density at radius 2 is 1.90 bits per heavy atom. The second-order valence-corrected chi connectivity index (χ2v) is 7.81. The lowest BCUT2D eigenvalue weighted by atomic mass is 10.4. The molecule has 0 bridgehead atoms. The first kappa shape index (κ1) is 15.3. The fraction of sp³-hybridized carbons (Fsp3) is 0.182. The molecular formula is C11H8F3NO2S3. The van der Waals surface area contributed by atoms with Gasteiger partial charge in [-0.1, -0.05) is 23.9 Å². The van der Waals surface area contributed by atoms with E-state index in [1.165, 1.54) is 29.5 Å². The van der Waals surface area contributed by atoms with E-state index in [0.717, 1.165) is 23.5 Å². The molecule has 2 rings (SSSR count). The van der Waals surface area contributed by atoms with Crippen LogP contribution >= 0.6 is 23.1 Å². The van der Waals surface area contributed by atoms with E-state index in [-0.39, 0.29) is 4.90 Å². The number of aromatic nitrogens is 1. The summed E-state index contributed by atoms with van der Waals surface area (Å²) in [6.45, 7) is 1.75. The molecule has 20 heavy (non-hydrogen) atoms. The number of benzene rings is 1. The molecule has 1 heterocycles. The van der Waals surface area contributed by atoms with Gasteiger partial charge in [-0.05, 0) is 19.1 Å². The van der Waals surface area contributed by atoms with Crippen LogP contribution in [0.2, 0.25) is 0 Å². The first-order valence-electron chi connectivity index (χ1n) is 5.22. The molecule has 0 saturated heterocycles. The van der Waals surface area contributed by atoms with E-state index in [2.05, 4.69) is 4.98 Å². The molecule has 0 unspecified atom stereocenters. The molecule has 108 valence electrons. The predicted octanol–water partition coefficient (Wildman–Crippen LogP) is 3.90. The Morgan fingerprint density at radius 1 is 1.25 bits per heavy atom. The molecule has 0 amide bonds. The monoisotopic (exact) mass is 339 g/mol. The SMILES string of the molecule is Cc1csc(Sc2ccccc2S(=O)(=O)C(F)(F)F)n1. The van der Waals surface area contributed by atoms with Crippen molar-refractivity contribution < 1.29 is 21.6 Å². The molecule has 0 spiro atoms. The van der Waals surface area contributed by atoms with Gasteiger partial charge in [0.1, 0.15) is 0 Å². The normalized spacial score (nSPS) is 12.6. The number of thiazole rings is 1. The summed E-state index contributed by atoms with van der Waals surface area (Å²) in [6.07, 6.45) is 0. The fourth-order valence-electron chi connectivity index (χ4n) is 1.35. The second-order valence-electron chi connectivity index (χ2n) is 3.75.